The van der Waals surface area contributed by atoms with Gasteiger partial charge in [-0.1, -0.05) is 31.0 Å². The summed E-state index contributed by atoms with van der Waals surface area (Å²) in [4.78, 5) is 2.65. The van der Waals surface area contributed by atoms with Crippen LogP contribution in [0.15, 0.2) is 12.1 Å². The van der Waals surface area contributed by atoms with Crippen LogP contribution < -0.4 is 5.73 Å². The van der Waals surface area contributed by atoms with Crippen molar-refractivity contribution in [2.75, 3.05) is 13.1 Å². The monoisotopic (exact) mass is 274 g/mol. The molecule has 1 aliphatic carbocycles. The minimum atomic E-state index is 0.685. The molecule has 1 aliphatic rings. The molecule has 1 saturated carbocycles. The summed E-state index contributed by atoms with van der Waals surface area (Å²) in [5.74, 6) is 0.695. The molecule has 0 radical (unpaired) electrons. The van der Waals surface area contributed by atoms with Crippen molar-refractivity contribution in [1.82, 2.24) is 4.90 Å². The van der Waals surface area contributed by atoms with E-state index in [0.717, 1.165) is 19.6 Å². The van der Waals surface area contributed by atoms with Crippen LogP contribution in [0, 0.1) is 26.7 Å². The molecule has 2 rings (SSSR count). The van der Waals surface area contributed by atoms with Crippen molar-refractivity contribution in [3.8, 4) is 0 Å². The van der Waals surface area contributed by atoms with Gasteiger partial charge in [-0.25, -0.2) is 0 Å². The highest BCUT2D eigenvalue weighted by Crippen LogP contribution is 2.31. The molecule has 2 N–H and O–H groups in total. The Kier molecular flexibility index (Phi) is 5.22. The molecule has 1 aromatic carbocycles. The highest BCUT2D eigenvalue weighted by atomic mass is 15.2. The maximum absolute atomic E-state index is 5.96. The van der Waals surface area contributed by atoms with E-state index < -0.39 is 0 Å². The summed E-state index contributed by atoms with van der Waals surface area (Å²) in [5.41, 5.74) is 11.7. The maximum atomic E-state index is 5.96. The number of benzene rings is 1. The Bertz CT molecular complexity index is 430. The van der Waals surface area contributed by atoms with Gasteiger partial charge in [0.2, 0.25) is 0 Å². The molecule has 1 fully saturated rings. The standard InChI is InChI=1S/C18H30N2/c1-5-20(18-8-6-7-16(18)11-19)12-17-14(3)9-13(2)10-15(17)4/h9-10,16,18H,5-8,11-12,19H2,1-4H3. The van der Waals surface area contributed by atoms with E-state index in [1.165, 1.54) is 41.5 Å². The fourth-order valence-corrected chi connectivity index (χ4v) is 3.90. The highest BCUT2D eigenvalue weighted by Gasteiger charge is 2.30. The van der Waals surface area contributed by atoms with Gasteiger partial charge in [-0.15, -0.1) is 0 Å². The quantitative estimate of drug-likeness (QED) is 0.889. The van der Waals surface area contributed by atoms with Crippen LogP contribution >= 0.6 is 0 Å². The molecule has 0 aromatic heterocycles. The molecule has 0 spiro atoms. The van der Waals surface area contributed by atoms with Crippen LogP contribution in [-0.4, -0.2) is 24.0 Å². The van der Waals surface area contributed by atoms with E-state index >= 15 is 0 Å². The first-order valence-corrected chi connectivity index (χ1v) is 8.07. The van der Waals surface area contributed by atoms with E-state index in [1.54, 1.807) is 0 Å². The lowest BCUT2D eigenvalue weighted by Crippen LogP contribution is -2.40. The molecule has 0 amide bonds. The van der Waals surface area contributed by atoms with Crippen LogP contribution in [0.4, 0.5) is 0 Å². The van der Waals surface area contributed by atoms with Crippen molar-refractivity contribution >= 4 is 0 Å². The number of rotatable bonds is 5. The summed E-state index contributed by atoms with van der Waals surface area (Å²) >= 11 is 0. The van der Waals surface area contributed by atoms with Crippen LogP contribution in [0.3, 0.4) is 0 Å². The number of hydrogen-bond acceptors (Lipinski definition) is 2. The summed E-state index contributed by atoms with van der Waals surface area (Å²) < 4.78 is 0. The van der Waals surface area contributed by atoms with Gasteiger partial charge < -0.3 is 5.73 Å². The zero-order valence-electron chi connectivity index (χ0n) is 13.6. The molecule has 2 heteroatoms. The SMILES string of the molecule is CCN(Cc1c(C)cc(C)cc1C)C1CCCC1CN. The van der Waals surface area contributed by atoms with Crippen molar-refractivity contribution in [2.45, 2.75) is 59.5 Å². The molecule has 2 unspecified atom stereocenters. The fourth-order valence-electron chi connectivity index (χ4n) is 3.90. The van der Waals surface area contributed by atoms with Gasteiger partial charge >= 0.3 is 0 Å². The van der Waals surface area contributed by atoms with Crippen molar-refractivity contribution < 1.29 is 0 Å². The van der Waals surface area contributed by atoms with E-state index in [4.69, 9.17) is 5.73 Å². The van der Waals surface area contributed by atoms with Crippen LogP contribution in [0.5, 0.6) is 0 Å². The lowest BCUT2D eigenvalue weighted by Gasteiger charge is -2.32. The molecule has 112 valence electrons. The first-order valence-electron chi connectivity index (χ1n) is 8.07. The minimum absolute atomic E-state index is 0.685. The van der Waals surface area contributed by atoms with Crippen molar-refractivity contribution in [2.24, 2.45) is 11.7 Å². The largest absolute Gasteiger partial charge is 0.330 e. The average Bonchev–Trinajstić information content (AvgIpc) is 2.86. The van der Waals surface area contributed by atoms with Crippen molar-refractivity contribution in [1.29, 1.82) is 0 Å². The molecule has 0 heterocycles. The average molecular weight is 274 g/mol. The number of nitrogens with two attached hydrogens (primary N) is 1. The van der Waals surface area contributed by atoms with Gasteiger partial charge in [-0.3, -0.25) is 4.90 Å². The number of aryl methyl sites for hydroxylation is 3. The summed E-state index contributed by atoms with van der Waals surface area (Å²) in [6.45, 7) is 12.0. The molecule has 0 bridgehead atoms. The fraction of sp³-hybridized carbons (Fsp3) is 0.667. The lowest BCUT2D eigenvalue weighted by molar-refractivity contribution is 0.161. The second-order valence-corrected chi connectivity index (χ2v) is 6.43. The van der Waals surface area contributed by atoms with Gasteiger partial charge in [0.05, 0.1) is 0 Å². The van der Waals surface area contributed by atoms with E-state index in [-0.39, 0.29) is 0 Å². The van der Waals surface area contributed by atoms with E-state index in [2.05, 4.69) is 44.7 Å². The molecule has 2 nitrogen and oxygen atoms in total. The van der Waals surface area contributed by atoms with Crippen LogP contribution in [0.2, 0.25) is 0 Å². The Labute approximate surface area is 124 Å². The molecular weight excluding hydrogens is 244 g/mol. The summed E-state index contributed by atoms with van der Waals surface area (Å²) in [5, 5.41) is 0. The highest BCUT2D eigenvalue weighted by molar-refractivity contribution is 5.37. The van der Waals surface area contributed by atoms with Gasteiger partial charge in [0.1, 0.15) is 0 Å². The summed E-state index contributed by atoms with van der Waals surface area (Å²) in [6.07, 6.45) is 3.97. The van der Waals surface area contributed by atoms with Crippen molar-refractivity contribution in [3.05, 3.63) is 34.4 Å². The van der Waals surface area contributed by atoms with Gasteiger partial charge in [0.15, 0.2) is 0 Å². The third-order valence-corrected chi connectivity index (χ3v) is 5.00. The smallest absolute Gasteiger partial charge is 0.0241 e. The Morgan fingerprint density at radius 2 is 1.80 bits per heavy atom. The Morgan fingerprint density at radius 3 is 2.35 bits per heavy atom. The zero-order valence-corrected chi connectivity index (χ0v) is 13.6. The lowest BCUT2D eigenvalue weighted by atomic mass is 9.97. The van der Waals surface area contributed by atoms with Crippen LogP contribution in [0.25, 0.3) is 0 Å². The molecule has 1 aromatic rings. The normalized spacial score (nSPS) is 22.7. The Balaban J connectivity index is 2.18. The number of nitrogens with zero attached hydrogens (tertiary/aromatic N) is 1. The third kappa shape index (κ3) is 3.24. The second-order valence-electron chi connectivity index (χ2n) is 6.43. The van der Waals surface area contributed by atoms with E-state index in [9.17, 15) is 0 Å². The maximum Gasteiger partial charge on any atom is 0.0241 e. The predicted molar refractivity (Wildman–Crippen MR) is 86.9 cm³/mol. The second kappa shape index (κ2) is 6.73. The third-order valence-electron chi connectivity index (χ3n) is 5.00. The van der Waals surface area contributed by atoms with Gasteiger partial charge in [-0.2, -0.15) is 0 Å². The molecule has 20 heavy (non-hydrogen) atoms. The van der Waals surface area contributed by atoms with Gasteiger partial charge in [0.25, 0.3) is 0 Å². The van der Waals surface area contributed by atoms with Gasteiger partial charge in [0, 0.05) is 12.6 Å². The predicted octanol–water partition coefficient (Wildman–Crippen LogP) is 3.56. The Morgan fingerprint density at radius 1 is 1.15 bits per heavy atom. The van der Waals surface area contributed by atoms with Crippen LogP contribution in [0.1, 0.15) is 48.4 Å². The molecule has 0 aliphatic heterocycles. The topological polar surface area (TPSA) is 29.3 Å². The summed E-state index contributed by atoms with van der Waals surface area (Å²) in [7, 11) is 0. The zero-order chi connectivity index (χ0) is 14.7. The van der Waals surface area contributed by atoms with Gasteiger partial charge in [-0.05, 0) is 69.3 Å². The van der Waals surface area contributed by atoms with E-state index in [1.807, 2.05) is 0 Å². The molecule has 0 saturated heterocycles. The van der Waals surface area contributed by atoms with E-state index in [0.29, 0.717) is 12.0 Å². The molecular formula is C18H30N2. The minimum Gasteiger partial charge on any atom is -0.330 e. The number of hydrogen-bond donors (Lipinski definition) is 1. The van der Waals surface area contributed by atoms with Crippen LogP contribution in [-0.2, 0) is 6.54 Å². The first kappa shape index (κ1) is 15.5. The molecule has 2 atom stereocenters. The van der Waals surface area contributed by atoms with Crippen molar-refractivity contribution in [3.63, 3.8) is 0 Å². The first-order chi connectivity index (χ1) is 9.56. The summed E-state index contributed by atoms with van der Waals surface area (Å²) in [6, 6.07) is 5.31. The Hall–Kier alpha value is -0.860.